The Morgan fingerprint density at radius 2 is 1.87 bits per heavy atom. The van der Waals surface area contributed by atoms with Gasteiger partial charge in [-0.15, -0.1) is 0 Å². The first-order valence-electron chi connectivity index (χ1n) is 7.05. The molecule has 2 heterocycles. The quantitative estimate of drug-likeness (QED) is 0.333. The molecule has 3 N–H and O–H groups in total. The second kappa shape index (κ2) is 4.81. The lowest BCUT2D eigenvalue weighted by Gasteiger charge is -2.01. The minimum atomic E-state index is -0.476. The zero-order valence-electron chi connectivity index (χ0n) is 12.0. The average Bonchev–Trinajstić information content (AvgIpc) is 2.92. The van der Waals surface area contributed by atoms with Crippen molar-refractivity contribution < 1.29 is 4.92 Å². The van der Waals surface area contributed by atoms with Crippen molar-refractivity contribution in [2.75, 3.05) is 5.73 Å². The molecule has 0 saturated heterocycles. The molecule has 0 aliphatic rings. The topological polar surface area (TPSA) is 97.8 Å². The van der Waals surface area contributed by atoms with Crippen LogP contribution in [0.1, 0.15) is 0 Å². The number of nitrogen functional groups attached to an aromatic ring is 1. The molecule has 0 fully saturated rings. The number of nitro benzene ring substituents is 1. The van der Waals surface area contributed by atoms with Crippen LogP contribution < -0.4 is 5.73 Å². The third-order valence-corrected chi connectivity index (χ3v) is 3.91. The largest absolute Gasteiger partial charge is 0.393 e. The van der Waals surface area contributed by atoms with Crippen molar-refractivity contribution >= 4 is 33.2 Å². The average molecular weight is 304 g/mol. The van der Waals surface area contributed by atoms with Gasteiger partial charge < -0.3 is 10.7 Å². The van der Waals surface area contributed by atoms with Crippen molar-refractivity contribution in [1.82, 2.24) is 9.97 Å². The summed E-state index contributed by atoms with van der Waals surface area (Å²) in [5.74, 6) is 0. The van der Waals surface area contributed by atoms with Crippen LogP contribution in [0.25, 0.3) is 33.1 Å². The number of hydrogen-bond donors (Lipinski definition) is 2. The van der Waals surface area contributed by atoms with Crippen LogP contribution in [0.5, 0.6) is 0 Å². The van der Waals surface area contributed by atoms with E-state index in [2.05, 4.69) is 9.97 Å². The molecule has 4 aromatic rings. The highest BCUT2D eigenvalue weighted by Crippen LogP contribution is 2.35. The standard InChI is InChI=1S/C17H12N4O2/c18-13-8-12-11-6-7-19-16(10-4-2-1-3-5-10)17(11)20-14(12)9-15(13)21(22)23/h1-9,20H,18H2. The van der Waals surface area contributed by atoms with Crippen molar-refractivity contribution in [2.45, 2.75) is 0 Å². The monoisotopic (exact) mass is 304 g/mol. The number of hydrogen-bond acceptors (Lipinski definition) is 4. The molecule has 0 radical (unpaired) electrons. The molecule has 0 unspecified atom stereocenters. The summed E-state index contributed by atoms with van der Waals surface area (Å²) in [4.78, 5) is 18.3. The molecule has 0 atom stereocenters. The van der Waals surface area contributed by atoms with Gasteiger partial charge in [-0.25, -0.2) is 0 Å². The molecule has 2 aromatic carbocycles. The number of H-pyrrole nitrogens is 1. The smallest absolute Gasteiger partial charge is 0.294 e. The van der Waals surface area contributed by atoms with Crippen LogP contribution in [-0.4, -0.2) is 14.9 Å². The van der Waals surface area contributed by atoms with E-state index in [1.54, 1.807) is 12.3 Å². The number of nitrogens with one attached hydrogen (secondary N) is 1. The Labute approximate surface area is 130 Å². The fourth-order valence-corrected chi connectivity index (χ4v) is 2.85. The SMILES string of the molecule is Nc1cc2c(cc1[N+](=O)[O-])[nH]c1c(-c3ccccc3)nccc12. The third-order valence-electron chi connectivity index (χ3n) is 3.91. The minimum absolute atomic E-state index is 0.0988. The van der Waals surface area contributed by atoms with Crippen molar-refractivity contribution in [3.63, 3.8) is 0 Å². The Balaban J connectivity index is 2.07. The van der Waals surface area contributed by atoms with E-state index in [4.69, 9.17) is 5.73 Å². The summed E-state index contributed by atoms with van der Waals surface area (Å²) in [7, 11) is 0. The molecule has 2 aromatic heterocycles. The second-order valence-electron chi connectivity index (χ2n) is 5.29. The summed E-state index contributed by atoms with van der Waals surface area (Å²) >= 11 is 0. The number of nitro groups is 1. The number of rotatable bonds is 2. The van der Waals surface area contributed by atoms with Crippen LogP contribution in [0.2, 0.25) is 0 Å². The van der Waals surface area contributed by atoms with Crippen molar-refractivity contribution in [3.05, 3.63) is 64.8 Å². The Bertz CT molecular complexity index is 1050. The number of pyridine rings is 1. The van der Waals surface area contributed by atoms with Gasteiger partial charge in [0.15, 0.2) is 0 Å². The molecule has 112 valence electrons. The number of aromatic amines is 1. The van der Waals surface area contributed by atoms with Gasteiger partial charge in [-0.1, -0.05) is 30.3 Å². The molecular formula is C17H12N4O2. The van der Waals surface area contributed by atoms with E-state index in [0.29, 0.717) is 5.52 Å². The molecular weight excluding hydrogens is 292 g/mol. The fraction of sp³-hybridized carbons (Fsp3) is 0. The van der Waals surface area contributed by atoms with E-state index in [1.165, 1.54) is 6.07 Å². The second-order valence-corrected chi connectivity index (χ2v) is 5.29. The summed E-state index contributed by atoms with van der Waals surface area (Å²) < 4.78 is 0. The lowest BCUT2D eigenvalue weighted by molar-refractivity contribution is -0.383. The normalized spacial score (nSPS) is 11.1. The number of nitrogens with two attached hydrogens (primary N) is 1. The highest BCUT2D eigenvalue weighted by Gasteiger charge is 2.17. The Kier molecular flexibility index (Phi) is 2.77. The number of anilines is 1. The first-order valence-corrected chi connectivity index (χ1v) is 7.05. The molecule has 0 aliphatic carbocycles. The molecule has 0 amide bonds. The zero-order chi connectivity index (χ0) is 16.0. The van der Waals surface area contributed by atoms with Crippen molar-refractivity contribution in [3.8, 4) is 11.3 Å². The lowest BCUT2D eigenvalue weighted by atomic mass is 10.1. The Morgan fingerprint density at radius 1 is 1.09 bits per heavy atom. The molecule has 4 rings (SSSR count). The van der Waals surface area contributed by atoms with E-state index in [1.807, 2.05) is 36.4 Å². The predicted molar refractivity (Wildman–Crippen MR) is 90.1 cm³/mol. The van der Waals surface area contributed by atoms with Gasteiger partial charge in [-0.2, -0.15) is 0 Å². The summed E-state index contributed by atoms with van der Waals surface area (Å²) in [6.07, 6.45) is 1.73. The van der Waals surface area contributed by atoms with Crippen LogP contribution in [0.4, 0.5) is 11.4 Å². The van der Waals surface area contributed by atoms with Crippen LogP contribution >= 0.6 is 0 Å². The summed E-state index contributed by atoms with van der Waals surface area (Å²) in [5, 5.41) is 12.9. The predicted octanol–water partition coefficient (Wildman–Crippen LogP) is 3.87. The van der Waals surface area contributed by atoms with Gasteiger partial charge in [-0.05, 0) is 12.1 Å². The zero-order valence-corrected chi connectivity index (χ0v) is 12.0. The van der Waals surface area contributed by atoms with Gasteiger partial charge >= 0.3 is 0 Å². The van der Waals surface area contributed by atoms with Gasteiger partial charge in [0.05, 0.1) is 21.7 Å². The van der Waals surface area contributed by atoms with E-state index in [-0.39, 0.29) is 11.4 Å². The summed E-state index contributed by atoms with van der Waals surface area (Å²) in [5.41, 5.74) is 9.17. The molecule has 0 saturated carbocycles. The van der Waals surface area contributed by atoms with Gasteiger partial charge in [0.1, 0.15) is 5.69 Å². The number of fused-ring (bicyclic) bond motifs is 3. The summed E-state index contributed by atoms with van der Waals surface area (Å²) in [6, 6.07) is 14.8. The van der Waals surface area contributed by atoms with Crippen LogP contribution in [-0.2, 0) is 0 Å². The maximum Gasteiger partial charge on any atom is 0.294 e. The summed E-state index contributed by atoms with van der Waals surface area (Å²) in [6.45, 7) is 0. The maximum absolute atomic E-state index is 11.1. The third kappa shape index (κ3) is 2.00. The van der Waals surface area contributed by atoms with Gasteiger partial charge in [0, 0.05) is 28.6 Å². The van der Waals surface area contributed by atoms with Crippen molar-refractivity contribution in [2.24, 2.45) is 0 Å². The van der Waals surface area contributed by atoms with Crippen LogP contribution in [0.3, 0.4) is 0 Å². The molecule has 0 bridgehead atoms. The molecule has 6 heteroatoms. The van der Waals surface area contributed by atoms with Crippen LogP contribution in [0.15, 0.2) is 54.7 Å². The first kappa shape index (κ1) is 13.3. The maximum atomic E-state index is 11.1. The first-order chi connectivity index (χ1) is 11.1. The highest BCUT2D eigenvalue weighted by atomic mass is 16.6. The number of benzene rings is 2. The van der Waals surface area contributed by atoms with Crippen molar-refractivity contribution in [1.29, 1.82) is 0 Å². The van der Waals surface area contributed by atoms with Crippen LogP contribution in [0, 0.1) is 10.1 Å². The number of nitrogens with zero attached hydrogens (tertiary/aromatic N) is 2. The van der Waals surface area contributed by atoms with Gasteiger partial charge in [0.25, 0.3) is 5.69 Å². The van der Waals surface area contributed by atoms with E-state index in [9.17, 15) is 10.1 Å². The van der Waals surface area contributed by atoms with Gasteiger partial charge in [-0.3, -0.25) is 15.1 Å². The fourth-order valence-electron chi connectivity index (χ4n) is 2.85. The van der Waals surface area contributed by atoms with Gasteiger partial charge in [0.2, 0.25) is 0 Å². The minimum Gasteiger partial charge on any atom is -0.393 e. The molecule has 0 aliphatic heterocycles. The van der Waals surface area contributed by atoms with E-state index >= 15 is 0 Å². The van der Waals surface area contributed by atoms with E-state index in [0.717, 1.165) is 27.5 Å². The number of aromatic nitrogens is 2. The Morgan fingerprint density at radius 3 is 2.61 bits per heavy atom. The molecule has 6 nitrogen and oxygen atoms in total. The Hall–Kier alpha value is -3.41. The molecule has 23 heavy (non-hydrogen) atoms. The lowest BCUT2D eigenvalue weighted by Crippen LogP contribution is -1.94. The molecule has 0 spiro atoms. The van der Waals surface area contributed by atoms with E-state index < -0.39 is 4.92 Å². The highest BCUT2D eigenvalue weighted by molar-refractivity contribution is 6.12.